The van der Waals surface area contributed by atoms with Crippen molar-refractivity contribution in [2.75, 3.05) is 13.7 Å². The van der Waals surface area contributed by atoms with Gasteiger partial charge in [-0.1, -0.05) is 12.1 Å². The Morgan fingerprint density at radius 3 is 2.59 bits per heavy atom. The normalized spacial score (nSPS) is 12.3. The second-order valence-electron chi connectivity index (χ2n) is 6.82. The SMILES string of the molecule is COCC[n+]1c(C)[nH]c2c1C(=O)c1cc(Cc3ccc[nH]c3=O)ccc1C2=O.[Cl-]. The number of ether oxygens (including phenoxy) is 1. The molecule has 7 nitrogen and oxygen atoms in total. The summed E-state index contributed by atoms with van der Waals surface area (Å²) < 4.78 is 6.91. The maximum absolute atomic E-state index is 13.2. The van der Waals surface area contributed by atoms with Crippen LogP contribution in [-0.2, 0) is 17.7 Å². The number of pyridine rings is 1. The summed E-state index contributed by atoms with van der Waals surface area (Å²) >= 11 is 0. The zero-order valence-electron chi connectivity index (χ0n) is 16.0. The molecular formula is C21H20ClN3O4. The van der Waals surface area contributed by atoms with Crippen molar-refractivity contribution in [2.45, 2.75) is 19.9 Å². The summed E-state index contributed by atoms with van der Waals surface area (Å²) in [6.07, 6.45) is 1.96. The molecular weight excluding hydrogens is 394 g/mol. The van der Waals surface area contributed by atoms with Gasteiger partial charge in [-0.05, 0) is 23.8 Å². The minimum absolute atomic E-state index is 0. The van der Waals surface area contributed by atoms with Gasteiger partial charge in [-0.15, -0.1) is 0 Å². The van der Waals surface area contributed by atoms with Crippen molar-refractivity contribution in [3.8, 4) is 0 Å². The lowest BCUT2D eigenvalue weighted by Crippen LogP contribution is -3.00. The minimum Gasteiger partial charge on any atom is -1.00 e. The minimum atomic E-state index is -0.201. The van der Waals surface area contributed by atoms with Gasteiger partial charge in [-0.25, -0.2) is 9.55 Å². The third-order valence-corrected chi connectivity index (χ3v) is 5.05. The first-order valence-corrected chi connectivity index (χ1v) is 9.01. The summed E-state index contributed by atoms with van der Waals surface area (Å²) in [7, 11) is 1.59. The van der Waals surface area contributed by atoms with E-state index in [4.69, 9.17) is 4.74 Å². The second kappa shape index (κ2) is 8.14. The standard InChI is InChI=1S/C21H19N3O4.ClH/c1-12-23-17-18(24(12)8-9-28-2)20(26)16-11-13(5-6-15(16)19(17)25)10-14-4-3-7-22-21(14)27;/h3-7,11H,8-10H2,1-2H3,(H,22,27);1H. The van der Waals surface area contributed by atoms with E-state index in [1.54, 1.807) is 48.2 Å². The molecule has 0 fully saturated rings. The van der Waals surface area contributed by atoms with Crippen LogP contribution in [0.4, 0.5) is 0 Å². The Morgan fingerprint density at radius 2 is 1.86 bits per heavy atom. The van der Waals surface area contributed by atoms with E-state index in [1.165, 1.54) is 0 Å². The number of hydrogen-bond donors (Lipinski definition) is 2. The van der Waals surface area contributed by atoms with Crippen molar-refractivity contribution >= 4 is 11.6 Å². The number of halogens is 1. The number of carbonyl (C=O) groups excluding carboxylic acids is 2. The van der Waals surface area contributed by atoms with Gasteiger partial charge in [0, 0.05) is 43.3 Å². The topological polar surface area (TPSA) is 95.9 Å². The van der Waals surface area contributed by atoms with E-state index in [2.05, 4.69) is 9.97 Å². The average molecular weight is 414 g/mol. The fraction of sp³-hybridized carbons (Fsp3) is 0.238. The highest BCUT2D eigenvalue weighted by atomic mass is 35.5. The molecule has 2 aromatic heterocycles. The molecule has 0 spiro atoms. The van der Waals surface area contributed by atoms with Gasteiger partial charge in [0.2, 0.25) is 23.0 Å². The molecule has 0 saturated heterocycles. The van der Waals surface area contributed by atoms with Crippen molar-refractivity contribution in [1.29, 1.82) is 0 Å². The maximum Gasteiger partial charge on any atom is 0.252 e. The molecule has 0 bridgehead atoms. The van der Waals surface area contributed by atoms with Gasteiger partial charge in [0.25, 0.3) is 11.4 Å². The number of aromatic nitrogens is 3. The van der Waals surface area contributed by atoms with Crippen LogP contribution in [0.3, 0.4) is 0 Å². The molecule has 1 aliphatic rings. The molecule has 0 aliphatic heterocycles. The molecule has 0 saturated carbocycles. The Balaban J connectivity index is 0.00000240. The summed E-state index contributed by atoms with van der Waals surface area (Å²) in [5, 5.41) is 0. The van der Waals surface area contributed by atoms with Gasteiger partial charge in [0.05, 0.1) is 6.61 Å². The highest BCUT2D eigenvalue weighted by Crippen LogP contribution is 2.26. The molecule has 4 rings (SSSR count). The van der Waals surface area contributed by atoms with Gasteiger partial charge in [-0.2, -0.15) is 0 Å². The number of imidazole rings is 1. The van der Waals surface area contributed by atoms with Crippen molar-refractivity contribution in [2.24, 2.45) is 0 Å². The van der Waals surface area contributed by atoms with Gasteiger partial charge in [0.15, 0.2) is 0 Å². The fourth-order valence-electron chi connectivity index (χ4n) is 3.64. The largest absolute Gasteiger partial charge is 1.00 e. The predicted molar refractivity (Wildman–Crippen MR) is 101 cm³/mol. The molecule has 8 heteroatoms. The fourth-order valence-corrected chi connectivity index (χ4v) is 3.64. The molecule has 0 radical (unpaired) electrons. The lowest BCUT2D eigenvalue weighted by atomic mass is 9.88. The van der Waals surface area contributed by atoms with Gasteiger partial charge in [-0.3, -0.25) is 14.4 Å². The van der Waals surface area contributed by atoms with Crippen LogP contribution < -0.4 is 22.5 Å². The molecule has 150 valence electrons. The number of carbonyl (C=O) groups is 2. The van der Waals surface area contributed by atoms with Crippen LogP contribution in [0.2, 0.25) is 0 Å². The number of ketones is 2. The highest BCUT2D eigenvalue weighted by Gasteiger charge is 2.40. The number of fused-ring (bicyclic) bond motifs is 2. The van der Waals surface area contributed by atoms with Crippen molar-refractivity contribution in [3.63, 3.8) is 0 Å². The zero-order chi connectivity index (χ0) is 19.8. The Bertz CT molecular complexity index is 1160. The van der Waals surface area contributed by atoms with E-state index < -0.39 is 0 Å². The van der Waals surface area contributed by atoms with Crippen LogP contribution in [0.5, 0.6) is 0 Å². The number of hydrogen-bond acceptors (Lipinski definition) is 4. The van der Waals surface area contributed by atoms with Gasteiger partial charge < -0.3 is 22.1 Å². The first-order valence-electron chi connectivity index (χ1n) is 9.01. The van der Waals surface area contributed by atoms with Crippen LogP contribution in [0.15, 0.2) is 41.3 Å². The van der Waals surface area contributed by atoms with Crippen LogP contribution in [-0.4, -0.2) is 35.3 Å². The number of nitrogens with zero attached hydrogens (tertiary/aromatic N) is 1. The molecule has 0 unspecified atom stereocenters. The summed E-state index contributed by atoms with van der Waals surface area (Å²) in [6, 6.07) is 8.68. The van der Waals surface area contributed by atoms with E-state index in [1.807, 2.05) is 6.92 Å². The summed E-state index contributed by atoms with van der Waals surface area (Å²) in [5.41, 5.74) is 2.67. The van der Waals surface area contributed by atoms with Crippen molar-refractivity contribution in [3.05, 3.63) is 86.3 Å². The summed E-state index contributed by atoms with van der Waals surface area (Å²) in [6.45, 7) is 2.73. The Hall–Kier alpha value is -3.03. The summed E-state index contributed by atoms with van der Waals surface area (Å²) in [4.78, 5) is 43.8. The van der Waals surface area contributed by atoms with Crippen LogP contribution >= 0.6 is 0 Å². The Labute approximate surface area is 173 Å². The molecule has 1 aliphatic carbocycles. The van der Waals surface area contributed by atoms with Crippen LogP contribution in [0.1, 0.15) is 49.1 Å². The third-order valence-electron chi connectivity index (χ3n) is 5.05. The third kappa shape index (κ3) is 3.54. The first kappa shape index (κ1) is 20.7. The first-order chi connectivity index (χ1) is 13.5. The van der Waals surface area contributed by atoms with E-state index in [-0.39, 0.29) is 29.5 Å². The number of nitrogens with one attached hydrogen (secondary N) is 2. The van der Waals surface area contributed by atoms with Crippen molar-refractivity contribution in [1.82, 2.24) is 9.97 Å². The number of aryl methyl sites for hydroxylation is 1. The summed E-state index contributed by atoms with van der Waals surface area (Å²) in [5.74, 6) is 0.328. The van der Waals surface area contributed by atoms with Crippen molar-refractivity contribution < 1.29 is 31.3 Å². The molecule has 2 N–H and O–H groups in total. The number of H-pyrrole nitrogens is 2. The van der Waals surface area contributed by atoms with E-state index in [9.17, 15) is 14.4 Å². The van der Waals surface area contributed by atoms with Gasteiger partial charge >= 0.3 is 0 Å². The Morgan fingerprint density at radius 1 is 1.07 bits per heavy atom. The van der Waals surface area contributed by atoms with E-state index >= 15 is 0 Å². The zero-order valence-corrected chi connectivity index (χ0v) is 16.8. The van der Waals surface area contributed by atoms with Gasteiger partial charge in [0.1, 0.15) is 6.54 Å². The molecule has 29 heavy (non-hydrogen) atoms. The number of aromatic amines is 2. The lowest BCUT2D eigenvalue weighted by Gasteiger charge is -2.14. The maximum atomic E-state index is 13.2. The molecule has 1 aromatic carbocycles. The highest BCUT2D eigenvalue weighted by molar-refractivity contribution is 6.26. The second-order valence-corrected chi connectivity index (χ2v) is 6.82. The number of benzene rings is 1. The molecule has 0 amide bonds. The van der Waals surface area contributed by atoms with Crippen LogP contribution in [0.25, 0.3) is 0 Å². The number of rotatable bonds is 5. The van der Waals surface area contributed by atoms with Crippen LogP contribution in [0, 0.1) is 6.92 Å². The average Bonchev–Trinajstić information content (AvgIpc) is 3.03. The molecule has 3 aromatic rings. The quantitative estimate of drug-likeness (QED) is 0.382. The molecule has 0 atom stereocenters. The monoisotopic (exact) mass is 413 g/mol. The van der Waals surface area contributed by atoms with E-state index in [0.717, 1.165) is 11.4 Å². The lowest BCUT2D eigenvalue weighted by molar-refractivity contribution is -0.704. The Kier molecular flexibility index (Phi) is 5.81. The molecule has 2 heterocycles. The predicted octanol–water partition coefficient (Wildman–Crippen LogP) is -1.68. The number of methoxy groups -OCH3 is 1. The van der Waals surface area contributed by atoms with E-state index in [0.29, 0.717) is 47.7 Å². The smallest absolute Gasteiger partial charge is 0.252 e.